The summed E-state index contributed by atoms with van der Waals surface area (Å²) in [6.07, 6.45) is 0. The predicted octanol–water partition coefficient (Wildman–Crippen LogP) is 2.83. The van der Waals surface area contributed by atoms with Crippen molar-refractivity contribution >= 4 is 23.4 Å². The molecule has 1 aromatic carbocycles. The van der Waals surface area contributed by atoms with Crippen LogP contribution in [0.25, 0.3) is 0 Å². The summed E-state index contributed by atoms with van der Waals surface area (Å²) in [4.78, 5) is 22.9. The van der Waals surface area contributed by atoms with Crippen LogP contribution in [0.15, 0.2) is 34.9 Å². The minimum absolute atomic E-state index is 0.0603. The van der Waals surface area contributed by atoms with Gasteiger partial charge >= 0.3 is 6.03 Å². The molecule has 0 aliphatic heterocycles. The Morgan fingerprint density at radius 3 is 2.63 bits per heavy atom. The summed E-state index contributed by atoms with van der Waals surface area (Å²) in [5.74, 6) is 0.202. The van der Waals surface area contributed by atoms with Gasteiger partial charge < -0.3 is 9.84 Å². The SMILES string of the molecule is CC(=O)c1cccc(NC(=O)Nc2cc(C)no2)c1. The molecule has 0 bridgehead atoms. The van der Waals surface area contributed by atoms with Gasteiger partial charge in [-0.05, 0) is 26.0 Å². The smallest absolute Gasteiger partial charge is 0.326 e. The summed E-state index contributed by atoms with van der Waals surface area (Å²) in [6.45, 7) is 3.22. The Hall–Kier alpha value is -2.63. The molecule has 0 saturated carbocycles. The van der Waals surface area contributed by atoms with Crippen molar-refractivity contribution < 1.29 is 14.1 Å². The highest BCUT2D eigenvalue weighted by molar-refractivity contribution is 6.00. The van der Waals surface area contributed by atoms with E-state index in [0.717, 1.165) is 0 Å². The van der Waals surface area contributed by atoms with Crippen molar-refractivity contribution in [3.05, 3.63) is 41.6 Å². The number of nitrogens with zero attached hydrogens (tertiary/aromatic N) is 1. The van der Waals surface area contributed by atoms with Crippen LogP contribution in [0, 0.1) is 6.92 Å². The average Bonchev–Trinajstić information content (AvgIpc) is 2.74. The van der Waals surface area contributed by atoms with E-state index in [1.807, 2.05) is 0 Å². The van der Waals surface area contributed by atoms with E-state index in [1.54, 1.807) is 37.3 Å². The fourth-order valence-corrected chi connectivity index (χ4v) is 1.51. The Kier molecular flexibility index (Phi) is 3.61. The second kappa shape index (κ2) is 5.34. The lowest BCUT2D eigenvalue weighted by Gasteiger charge is -2.06. The van der Waals surface area contributed by atoms with Gasteiger partial charge in [0.1, 0.15) is 0 Å². The minimum atomic E-state index is -0.461. The van der Waals surface area contributed by atoms with Crippen molar-refractivity contribution in [2.24, 2.45) is 0 Å². The Morgan fingerprint density at radius 2 is 2.00 bits per heavy atom. The third kappa shape index (κ3) is 3.41. The van der Waals surface area contributed by atoms with E-state index in [1.165, 1.54) is 6.92 Å². The molecule has 1 heterocycles. The van der Waals surface area contributed by atoms with Gasteiger partial charge in [-0.25, -0.2) is 4.79 Å². The first-order valence-corrected chi connectivity index (χ1v) is 5.67. The number of ketones is 1. The van der Waals surface area contributed by atoms with Crippen LogP contribution in [0.2, 0.25) is 0 Å². The van der Waals surface area contributed by atoms with E-state index < -0.39 is 6.03 Å². The number of carbonyl (C=O) groups excluding carboxylic acids is 2. The fourth-order valence-electron chi connectivity index (χ4n) is 1.51. The molecule has 2 rings (SSSR count). The van der Waals surface area contributed by atoms with E-state index in [4.69, 9.17) is 4.52 Å². The summed E-state index contributed by atoms with van der Waals surface area (Å²) in [7, 11) is 0. The zero-order chi connectivity index (χ0) is 13.8. The lowest BCUT2D eigenvalue weighted by molar-refractivity contribution is 0.101. The van der Waals surface area contributed by atoms with Crippen LogP contribution < -0.4 is 10.6 Å². The molecule has 6 heteroatoms. The Morgan fingerprint density at radius 1 is 1.21 bits per heavy atom. The van der Waals surface area contributed by atoms with Gasteiger partial charge in [-0.3, -0.25) is 10.1 Å². The molecule has 0 fully saturated rings. The summed E-state index contributed by atoms with van der Waals surface area (Å²) in [6, 6.07) is 7.82. The molecule has 0 aliphatic rings. The third-order valence-corrected chi connectivity index (χ3v) is 2.39. The molecular formula is C13H13N3O3. The van der Waals surface area contributed by atoms with Gasteiger partial charge in [0.15, 0.2) is 5.78 Å². The number of Topliss-reactive ketones (excluding diaryl/α,β-unsaturated/α-hetero) is 1. The van der Waals surface area contributed by atoms with Gasteiger partial charge in [-0.1, -0.05) is 17.3 Å². The molecule has 0 radical (unpaired) electrons. The van der Waals surface area contributed by atoms with Crippen LogP contribution in [-0.4, -0.2) is 17.0 Å². The van der Waals surface area contributed by atoms with Gasteiger partial charge in [0.25, 0.3) is 0 Å². The van der Waals surface area contributed by atoms with Crippen LogP contribution in [0.5, 0.6) is 0 Å². The number of anilines is 2. The second-order valence-corrected chi connectivity index (χ2v) is 4.05. The van der Waals surface area contributed by atoms with Crippen molar-refractivity contribution in [2.75, 3.05) is 10.6 Å². The number of aryl methyl sites for hydroxylation is 1. The predicted molar refractivity (Wildman–Crippen MR) is 70.3 cm³/mol. The second-order valence-electron chi connectivity index (χ2n) is 4.05. The first-order valence-electron chi connectivity index (χ1n) is 5.67. The number of carbonyl (C=O) groups is 2. The zero-order valence-electron chi connectivity index (χ0n) is 10.6. The highest BCUT2D eigenvalue weighted by atomic mass is 16.5. The zero-order valence-corrected chi connectivity index (χ0v) is 10.6. The van der Waals surface area contributed by atoms with Crippen molar-refractivity contribution in [3.8, 4) is 0 Å². The van der Waals surface area contributed by atoms with Gasteiger partial charge in [-0.15, -0.1) is 0 Å². The van der Waals surface area contributed by atoms with Crippen molar-refractivity contribution in [2.45, 2.75) is 13.8 Å². The molecule has 19 heavy (non-hydrogen) atoms. The minimum Gasteiger partial charge on any atom is -0.338 e. The van der Waals surface area contributed by atoms with E-state index in [0.29, 0.717) is 16.9 Å². The number of hydrogen-bond donors (Lipinski definition) is 2. The van der Waals surface area contributed by atoms with Crippen molar-refractivity contribution in [1.29, 1.82) is 0 Å². The molecule has 0 atom stereocenters. The Balaban J connectivity index is 2.02. The quantitative estimate of drug-likeness (QED) is 0.830. The maximum Gasteiger partial charge on any atom is 0.326 e. The summed E-state index contributed by atoms with van der Waals surface area (Å²) < 4.78 is 4.86. The van der Waals surface area contributed by atoms with E-state index in [-0.39, 0.29) is 11.7 Å². The van der Waals surface area contributed by atoms with Crippen LogP contribution in [0.1, 0.15) is 23.0 Å². The summed E-state index contributed by atoms with van der Waals surface area (Å²) in [5.41, 5.74) is 1.74. The van der Waals surface area contributed by atoms with Crippen LogP contribution in [0.4, 0.5) is 16.4 Å². The summed E-state index contributed by atoms with van der Waals surface area (Å²) >= 11 is 0. The first-order chi connectivity index (χ1) is 9.04. The number of hydrogen-bond acceptors (Lipinski definition) is 4. The number of amides is 2. The van der Waals surface area contributed by atoms with Crippen molar-refractivity contribution in [1.82, 2.24) is 5.16 Å². The van der Waals surface area contributed by atoms with E-state index in [2.05, 4.69) is 15.8 Å². The third-order valence-electron chi connectivity index (χ3n) is 2.39. The monoisotopic (exact) mass is 259 g/mol. The Bertz CT molecular complexity index is 619. The first kappa shape index (κ1) is 12.8. The number of aromatic nitrogens is 1. The molecular weight excluding hydrogens is 246 g/mol. The van der Waals surface area contributed by atoms with E-state index >= 15 is 0 Å². The number of nitrogens with one attached hydrogen (secondary N) is 2. The lowest BCUT2D eigenvalue weighted by atomic mass is 10.1. The molecule has 2 amide bonds. The van der Waals surface area contributed by atoms with Gasteiger partial charge in [0.2, 0.25) is 5.88 Å². The lowest BCUT2D eigenvalue weighted by Crippen LogP contribution is -2.19. The molecule has 2 N–H and O–H groups in total. The number of urea groups is 1. The van der Waals surface area contributed by atoms with Gasteiger partial charge in [-0.2, -0.15) is 0 Å². The molecule has 0 saturated heterocycles. The normalized spacial score (nSPS) is 10.0. The summed E-state index contributed by atoms with van der Waals surface area (Å²) in [5, 5.41) is 8.75. The van der Waals surface area contributed by atoms with Crippen LogP contribution >= 0.6 is 0 Å². The number of rotatable bonds is 3. The largest absolute Gasteiger partial charge is 0.338 e. The topological polar surface area (TPSA) is 84.2 Å². The molecule has 0 unspecified atom stereocenters. The maximum absolute atomic E-state index is 11.7. The highest BCUT2D eigenvalue weighted by Crippen LogP contribution is 2.13. The molecule has 1 aromatic heterocycles. The fraction of sp³-hybridized carbons (Fsp3) is 0.154. The highest BCUT2D eigenvalue weighted by Gasteiger charge is 2.07. The van der Waals surface area contributed by atoms with E-state index in [9.17, 15) is 9.59 Å². The van der Waals surface area contributed by atoms with Crippen molar-refractivity contribution in [3.63, 3.8) is 0 Å². The van der Waals surface area contributed by atoms with Crippen LogP contribution in [-0.2, 0) is 0 Å². The van der Waals surface area contributed by atoms with Gasteiger partial charge in [0, 0.05) is 17.3 Å². The van der Waals surface area contributed by atoms with Crippen LogP contribution in [0.3, 0.4) is 0 Å². The molecule has 0 spiro atoms. The average molecular weight is 259 g/mol. The Labute approximate surface area is 109 Å². The number of benzene rings is 1. The molecule has 6 nitrogen and oxygen atoms in total. The standard InChI is InChI=1S/C13H13N3O3/c1-8-6-12(19-16-8)15-13(18)14-11-5-3-4-10(7-11)9(2)17/h3-7H,1-2H3,(H2,14,15,18). The molecule has 0 aliphatic carbocycles. The molecule has 2 aromatic rings. The molecule has 98 valence electrons. The maximum atomic E-state index is 11.7. The van der Waals surface area contributed by atoms with Gasteiger partial charge in [0.05, 0.1) is 5.69 Å².